The molecule has 0 spiro atoms. The van der Waals surface area contributed by atoms with Gasteiger partial charge in [0.15, 0.2) is 0 Å². The van der Waals surface area contributed by atoms with Crippen LogP contribution < -0.4 is 9.47 Å². The molecule has 0 bridgehead atoms. The molecule has 0 radical (unpaired) electrons. The van der Waals surface area contributed by atoms with Crippen LogP contribution in [-0.4, -0.2) is 48.8 Å². The third-order valence-electron chi connectivity index (χ3n) is 6.94. The van der Waals surface area contributed by atoms with Crippen LogP contribution in [0.3, 0.4) is 0 Å². The summed E-state index contributed by atoms with van der Waals surface area (Å²) in [6.45, 7) is 7.05. The number of pyridine rings is 1. The average Bonchev–Trinajstić information content (AvgIpc) is 2.92. The Bertz CT molecular complexity index is 1090. The summed E-state index contributed by atoms with van der Waals surface area (Å²) in [6.07, 6.45) is 9.04. The molecule has 0 aliphatic rings. The summed E-state index contributed by atoms with van der Waals surface area (Å²) in [5.74, 6) is 1.44. The second kappa shape index (κ2) is 15.2. The molecule has 1 atom stereocenters. The highest BCUT2D eigenvalue weighted by molar-refractivity contribution is 6.35. The number of rotatable bonds is 16. The first-order valence-corrected chi connectivity index (χ1v) is 14.1. The summed E-state index contributed by atoms with van der Waals surface area (Å²) in [7, 11) is 3.28. The minimum absolute atomic E-state index is 0.508. The number of hydrogen-bond acceptors (Lipinski definition) is 5. The van der Waals surface area contributed by atoms with Crippen LogP contribution in [0.4, 0.5) is 0 Å². The van der Waals surface area contributed by atoms with Gasteiger partial charge in [-0.2, -0.15) is 0 Å². The molecule has 0 aliphatic carbocycles. The van der Waals surface area contributed by atoms with Crippen molar-refractivity contribution in [2.75, 3.05) is 33.9 Å². The molecule has 3 rings (SSSR count). The number of fused-ring (bicyclic) bond motifs is 1. The fourth-order valence-electron chi connectivity index (χ4n) is 4.75. The number of aliphatic hydroxyl groups excluding tert-OH is 1. The quantitative estimate of drug-likeness (QED) is 0.191. The van der Waals surface area contributed by atoms with Gasteiger partial charge in [-0.15, -0.1) is 0 Å². The summed E-state index contributed by atoms with van der Waals surface area (Å²) >= 11 is 6.67. The molecule has 1 unspecified atom stereocenters. The number of aromatic nitrogens is 1. The Kier molecular flexibility index (Phi) is 12.0. The molecule has 1 N–H and O–H groups in total. The average molecular weight is 527 g/mol. The molecule has 202 valence electrons. The SMILES string of the molecule is CCCCCCN(CCCCCC)CC(O)c1cc(-c2ccc(OC)cc2)nc2c(Cl)cc(OC)cc12. The van der Waals surface area contributed by atoms with Crippen LogP contribution in [0.5, 0.6) is 11.5 Å². The third-order valence-corrected chi connectivity index (χ3v) is 7.23. The predicted octanol–water partition coefficient (Wildman–Crippen LogP) is 8.07. The molecule has 0 fully saturated rings. The minimum Gasteiger partial charge on any atom is -0.497 e. The van der Waals surface area contributed by atoms with E-state index in [1.54, 1.807) is 20.3 Å². The van der Waals surface area contributed by atoms with Crippen LogP contribution in [-0.2, 0) is 0 Å². The Hall–Kier alpha value is -2.34. The van der Waals surface area contributed by atoms with Gasteiger partial charge in [-0.05, 0) is 67.9 Å². The van der Waals surface area contributed by atoms with Crippen molar-refractivity contribution in [1.29, 1.82) is 0 Å². The standard InChI is InChI=1S/C31H43ClN2O3/c1-5-7-9-11-17-34(18-12-10-8-6-2)22-30(35)26-21-29(23-13-15-24(36-3)16-14-23)33-31-27(26)19-25(37-4)20-28(31)32/h13-16,19-21,30,35H,5-12,17-18,22H2,1-4H3. The van der Waals surface area contributed by atoms with Gasteiger partial charge in [0.1, 0.15) is 11.5 Å². The van der Waals surface area contributed by atoms with Gasteiger partial charge in [0.25, 0.3) is 0 Å². The monoisotopic (exact) mass is 526 g/mol. The van der Waals surface area contributed by atoms with Crippen LogP contribution >= 0.6 is 11.6 Å². The number of aliphatic hydroxyl groups is 1. The molecule has 1 heterocycles. The maximum Gasteiger partial charge on any atom is 0.121 e. The maximum absolute atomic E-state index is 11.6. The minimum atomic E-state index is -0.678. The number of ether oxygens (including phenoxy) is 2. The Balaban J connectivity index is 1.95. The van der Waals surface area contributed by atoms with E-state index in [4.69, 9.17) is 26.1 Å². The van der Waals surface area contributed by atoms with Crippen molar-refractivity contribution in [1.82, 2.24) is 9.88 Å². The summed E-state index contributed by atoms with van der Waals surface area (Å²) < 4.78 is 10.8. The molecular formula is C31H43ClN2O3. The number of methoxy groups -OCH3 is 2. The Morgan fingerprint density at radius 1 is 0.838 bits per heavy atom. The fraction of sp³-hybridized carbons (Fsp3) is 0.516. The van der Waals surface area contributed by atoms with Gasteiger partial charge in [0.05, 0.1) is 36.6 Å². The fourth-order valence-corrected chi connectivity index (χ4v) is 5.00. The van der Waals surface area contributed by atoms with E-state index in [9.17, 15) is 5.11 Å². The van der Waals surface area contributed by atoms with Crippen molar-refractivity contribution in [2.45, 2.75) is 71.3 Å². The van der Waals surface area contributed by atoms with Gasteiger partial charge in [-0.25, -0.2) is 4.98 Å². The van der Waals surface area contributed by atoms with Crippen LogP contribution in [0.15, 0.2) is 42.5 Å². The summed E-state index contributed by atoms with van der Waals surface area (Å²) in [5, 5.41) is 13.0. The summed E-state index contributed by atoms with van der Waals surface area (Å²) in [6, 6.07) is 13.5. The summed E-state index contributed by atoms with van der Waals surface area (Å²) in [5.41, 5.74) is 3.21. The van der Waals surface area contributed by atoms with E-state index in [0.717, 1.165) is 53.9 Å². The van der Waals surface area contributed by atoms with Crippen molar-refractivity contribution in [3.05, 3.63) is 53.1 Å². The molecule has 0 saturated heterocycles. The lowest BCUT2D eigenvalue weighted by Crippen LogP contribution is -2.31. The van der Waals surface area contributed by atoms with Crippen molar-refractivity contribution < 1.29 is 14.6 Å². The van der Waals surface area contributed by atoms with Gasteiger partial charge in [0, 0.05) is 23.6 Å². The van der Waals surface area contributed by atoms with E-state index in [-0.39, 0.29) is 0 Å². The zero-order valence-electron chi connectivity index (χ0n) is 22.9. The number of benzene rings is 2. The van der Waals surface area contributed by atoms with Crippen LogP contribution in [0.1, 0.15) is 76.9 Å². The molecule has 2 aromatic carbocycles. The second-order valence-electron chi connectivity index (χ2n) is 9.77. The van der Waals surface area contributed by atoms with Crippen molar-refractivity contribution in [3.8, 4) is 22.8 Å². The van der Waals surface area contributed by atoms with Gasteiger partial charge in [0.2, 0.25) is 0 Å². The Morgan fingerprint density at radius 2 is 1.46 bits per heavy atom. The molecule has 37 heavy (non-hydrogen) atoms. The van der Waals surface area contributed by atoms with Crippen LogP contribution in [0.2, 0.25) is 5.02 Å². The molecular weight excluding hydrogens is 484 g/mol. The lowest BCUT2D eigenvalue weighted by Gasteiger charge is -2.26. The topological polar surface area (TPSA) is 54.8 Å². The Morgan fingerprint density at radius 3 is 2.03 bits per heavy atom. The highest BCUT2D eigenvalue weighted by Crippen LogP contribution is 2.36. The van der Waals surface area contributed by atoms with E-state index in [1.807, 2.05) is 36.4 Å². The maximum atomic E-state index is 11.6. The zero-order valence-corrected chi connectivity index (χ0v) is 23.7. The highest BCUT2D eigenvalue weighted by atomic mass is 35.5. The second-order valence-corrected chi connectivity index (χ2v) is 10.2. The summed E-state index contributed by atoms with van der Waals surface area (Å²) in [4.78, 5) is 7.31. The van der Waals surface area contributed by atoms with E-state index in [2.05, 4.69) is 18.7 Å². The van der Waals surface area contributed by atoms with Crippen molar-refractivity contribution in [2.24, 2.45) is 0 Å². The van der Waals surface area contributed by atoms with Gasteiger partial charge < -0.3 is 19.5 Å². The van der Waals surface area contributed by atoms with E-state index >= 15 is 0 Å². The zero-order chi connectivity index (χ0) is 26.6. The van der Waals surface area contributed by atoms with Crippen molar-refractivity contribution in [3.63, 3.8) is 0 Å². The van der Waals surface area contributed by atoms with Crippen molar-refractivity contribution >= 4 is 22.5 Å². The number of unbranched alkanes of at least 4 members (excludes halogenated alkanes) is 6. The largest absolute Gasteiger partial charge is 0.497 e. The molecule has 0 amide bonds. The van der Waals surface area contributed by atoms with E-state index in [0.29, 0.717) is 22.8 Å². The molecule has 5 nitrogen and oxygen atoms in total. The number of nitrogens with zero attached hydrogens (tertiary/aromatic N) is 2. The van der Waals surface area contributed by atoms with E-state index < -0.39 is 6.10 Å². The van der Waals surface area contributed by atoms with Crippen LogP contribution in [0, 0.1) is 0 Å². The molecule has 1 aromatic heterocycles. The van der Waals surface area contributed by atoms with Crippen LogP contribution in [0.25, 0.3) is 22.2 Å². The molecule has 0 saturated carbocycles. The predicted molar refractivity (Wildman–Crippen MR) is 155 cm³/mol. The third kappa shape index (κ3) is 8.33. The first-order valence-electron chi connectivity index (χ1n) is 13.7. The Labute approximate surface area is 227 Å². The van der Waals surface area contributed by atoms with Gasteiger partial charge in [-0.1, -0.05) is 64.0 Å². The van der Waals surface area contributed by atoms with E-state index in [1.165, 1.54) is 38.5 Å². The first-order chi connectivity index (χ1) is 18.0. The lowest BCUT2D eigenvalue weighted by molar-refractivity contribution is 0.111. The number of halogens is 1. The lowest BCUT2D eigenvalue weighted by atomic mass is 9.99. The normalized spacial score (nSPS) is 12.3. The molecule has 0 aliphatic heterocycles. The molecule has 3 aromatic rings. The number of hydrogen-bond donors (Lipinski definition) is 1. The smallest absolute Gasteiger partial charge is 0.121 e. The van der Waals surface area contributed by atoms with Gasteiger partial charge in [-0.3, -0.25) is 0 Å². The highest BCUT2D eigenvalue weighted by Gasteiger charge is 2.20. The molecule has 6 heteroatoms. The van der Waals surface area contributed by atoms with Gasteiger partial charge >= 0.3 is 0 Å². The first kappa shape index (κ1) is 29.2.